The van der Waals surface area contributed by atoms with Crippen LogP contribution in [-0.2, 0) is 0 Å². The highest BCUT2D eigenvalue weighted by molar-refractivity contribution is 9.10. The summed E-state index contributed by atoms with van der Waals surface area (Å²) in [7, 11) is 0. The first-order chi connectivity index (χ1) is 10.2. The predicted molar refractivity (Wildman–Crippen MR) is 86.3 cm³/mol. The van der Waals surface area contributed by atoms with E-state index in [1.54, 1.807) is 6.07 Å². The number of halogens is 2. The van der Waals surface area contributed by atoms with Gasteiger partial charge in [-0.3, -0.25) is 5.84 Å². The van der Waals surface area contributed by atoms with Crippen LogP contribution in [-0.4, -0.2) is 0 Å². The number of benzene rings is 2. The summed E-state index contributed by atoms with van der Waals surface area (Å²) in [6.45, 7) is 0. The molecule has 0 heterocycles. The summed E-state index contributed by atoms with van der Waals surface area (Å²) >= 11 is 3.34. The van der Waals surface area contributed by atoms with Crippen molar-refractivity contribution in [3.8, 4) is 0 Å². The fourth-order valence-electron chi connectivity index (χ4n) is 2.96. The molecule has 3 rings (SSSR count). The first-order valence-electron chi connectivity index (χ1n) is 7.21. The topological polar surface area (TPSA) is 38.0 Å². The average molecular weight is 349 g/mol. The van der Waals surface area contributed by atoms with Gasteiger partial charge in [0.15, 0.2) is 0 Å². The maximum Gasteiger partial charge on any atom is 0.137 e. The van der Waals surface area contributed by atoms with Gasteiger partial charge in [0.1, 0.15) is 5.82 Å². The molecule has 2 aromatic rings. The zero-order valence-electron chi connectivity index (χ0n) is 11.7. The van der Waals surface area contributed by atoms with Gasteiger partial charge in [-0.15, -0.1) is 0 Å². The van der Waals surface area contributed by atoms with Crippen molar-refractivity contribution in [3.05, 3.63) is 69.4 Å². The number of hydrogen-bond donors (Lipinski definition) is 2. The molecular weight excluding hydrogens is 331 g/mol. The highest BCUT2D eigenvalue weighted by Crippen LogP contribution is 2.41. The molecule has 0 amide bonds. The molecule has 2 nitrogen and oxygen atoms in total. The van der Waals surface area contributed by atoms with Crippen LogP contribution in [0.25, 0.3) is 0 Å². The smallest absolute Gasteiger partial charge is 0.137 e. The lowest BCUT2D eigenvalue weighted by Crippen LogP contribution is -2.30. The van der Waals surface area contributed by atoms with Crippen molar-refractivity contribution in [2.45, 2.75) is 31.2 Å². The zero-order chi connectivity index (χ0) is 14.8. The van der Waals surface area contributed by atoms with Gasteiger partial charge in [-0.2, -0.15) is 0 Å². The Labute approximate surface area is 132 Å². The van der Waals surface area contributed by atoms with Crippen molar-refractivity contribution in [2.24, 2.45) is 5.84 Å². The molecule has 0 bridgehead atoms. The van der Waals surface area contributed by atoms with Crippen LogP contribution < -0.4 is 11.3 Å². The molecule has 2 aromatic carbocycles. The van der Waals surface area contributed by atoms with Crippen LogP contribution >= 0.6 is 15.9 Å². The molecule has 1 aliphatic rings. The Hall–Kier alpha value is -1.23. The van der Waals surface area contributed by atoms with Crippen LogP contribution in [0.3, 0.4) is 0 Å². The molecule has 1 fully saturated rings. The lowest BCUT2D eigenvalue weighted by atomic mass is 9.76. The maximum absolute atomic E-state index is 13.8. The lowest BCUT2D eigenvalue weighted by molar-refractivity contribution is 0.414. The summed E-state index contributed by atoms with van der Waals surface area (Å²) in [6.07, 6.45) is 3.72. The van der Waals surface area contributed by atoms with Crippen LogP contribution in [0.4, 0.5) is 4.39 Å². The lowest BCUT2D eigenvalue weighted by Gasteiger charge is -2.30. The van der Waals surface area contributed by atoms with E-state index in [4.69, 9.17) is 5.84 Å². The summed E-state index contributed by atoms with van der Waals surface area (Å²) in [5.74, 6) is 6.12. The maximum atomic E-state index is 13.8. The largest absolute Gasteiger partial charge is 0.271 e. The van der Waals surface area contributed by atoms with Crippen LogP contribution in [0, 0.1) is 5.82 Å². The Bertz CT molecular complexity index is 640. The third-order valence-corrected chi connectivity index (χ3v) is 5.15. The minimum atomic E-state index is -0.270. The Morgan fingerprint density at radius 2 is 1.81 bits per heavy atom. The Balaban J connectivity index is 2.06. The van der Waals surface area contributed by atoms with E-state index in [2.05, 4.69) is 39.6 Å². The van der Waals surface area contributed by atoms with Crippen LogP contribution in [0.2, 0.25) is 0 Å². The number of hydrogen-bond acceptors (Lipinski definition) is 2. The minimum Gasteiger partial charge on any atom is -0.271 e. The van der Waals surface area contributed by atoms with Crippen molar-refractivity contribution < 1.29 is 4.39 Å². The normalized spacial score (nSPS) is 16.5. The number of nitrogens with one attached hydrogen (secondary N) is 1. The quantitative estimate of drug-likeness (QED) is 0.634. The van der Waals surface area contributed by atoms with Crippen molar-refractivity contribution in [1.82, 2.24) is 5.43 Å². The molecule has 0 aliphatic heterocycles. The molecule has 1 atom stereocenters. The van der Waals surface area contributed by atoms with E-state index in [0.717, 1.165) is 11.1 Å². The molecule has 3 N–H and O–H groups in total. The van der Waals surface area contributed by atoms with E-state index >= 15 is 0 Å². The van der Waals surface area contributed by atoms with E-state index in [1.165, 1.54) is 30.9 Å². The fourth-order valence-corrected chi connectivity index (χ4v) is 3.45. The second-order valence-corrected chi connectivity index (χ2v) is 6.29. The molecule has 1 saturated carbocycles. The second-order valence-electron chi connectivity index (χ2n) is 5.50. The summed E-state index contributed by atoms with van der Waals surface area (Å²) in [5, 5.41) is 0. The van der Waals surface area contributed by atoms with Crippen molar-refractivity contribution in [3.63, 3.8) is 0 Å². The molecule has 1 unspecified atom stereocenters. The third-order valence-electron chi connectivity index (χ3n) is 4.31. The van der Waals surface area contributed by atoms with Gasteiger partial charge in [0.25, 0.3) is 0 Å². The Morgan fingerprint density at radius 1 is 1.10 bits per heavy atom. The zero-order valence-corrected chi connectivity index (χ0v) is 13.2. The van der Waals surface area contributed by atoms with Gasteiger partial charge in [-0.25, -0.2) is 9.82 Å². The first kappa shape index (κ1) is 14.7. The Morgan fingerprint density at radius 3 is 2.48 bits per heavy atom. The monoisotopic (exact) mass is 348 g/mol. The molecule has 110 valence electrons. The van der Waals surface area contributed by atoms with Gasteiger partial charge in [0.05, 0.1) is 10.5 Å². The SMILES string of the molecule is NNC(c1ccccc1C1CCC1)c1cccc(F)c1Br. The summed E-state index contributed by atoms with van der Waals surface area (Å²) in [4.78, 5) is 0. The average Bonchev–Trinajstić information content (AvgIpc) is 2.44. The second kappa shape index (κ2) is 6.26. The summed E-state index contributed by atoms with van der Waals surface area (Å²) in [6, 6.07) is 13.2. The van der Waals surface area contributed by atoms with Gasteiger partial charge < -0.3 is 0 Å². The van der Waals surface area contributed by atoms with Crippen LogP contribution in [0.5, 0.6) is 0 Å². The van der Waals surface area contributed by atoms with Crippen LogP contribution in [0.15, 0.2) is 46.9 Å². The number of rotatable bonds is 4. The molecule has 1 aliphatic carbocycles. The van der Waals surface area contributed by atoms with Crippen LogP contribution in [0.1, 0.15) is 47.9 Å². The van der Waals surface area contributed by atoms with Crippen molar-refractivity contribution in [1.29, 1.82) is 0 Å². The first-order valence-corrected chi connectivity index (χ1v) is 8.00. The van der Waals surface area contributed by atoms with E-state index in [1.807, 2.05) is 12.1 Å². The van der Waals surface area contributed by atoms with E-state index in [9.17, 15) is 4.39 Å². The molecule has 21 heavy (non-hydrogen) atoms. The molecule has 4 heteroatoms. The van der Waals surface area contributed by atoms with E-state index < -0.39 is 0 Å². The summed E-state index contributed by atoms with van der Waals surface area (Å²) < 4.78 is 14.3. The van der Waals surface area contributed by atoms with Gasteiger partial charge in [-0.05, 0) is 57.4 Å². The number of hydrazine groups is 1. The molecule has 0 saturated heterocycles. The number of nitrogens with two attached hydrogens (primary N) is 1. The highest BCUT2D eigenvalue weighted by Gasteiger charge is 2.26. The van der Waals surface area contributed by atoms with Gasteiger partial charge >= 0.3 is 0 Å². The molecular formula is C17H18BrFN2. The van der Waals surface area contributed by atoms with Gasteiger partial charge in [0, 0.05) is 0 Å². The predicted octanol–water partition coefficient (Wildman–Crippen LogP) is 4.41. The molecule has 0 aromatic heterocycles. The highest BCUT2D eigenvalue weighted by atomic mass is 79.9. The Kier molecular flexibility index (Phi) is 4.38. The van der Waals surface area contributed by atoms with Gasteiger partial charge in [-0.1, -0.05) is 42.8 Å². The molecule has 0 spiro atoms. The van der Waals surface area contributed by atoms with Crippen molar-refractivity contribution in [2.75, 3.05) is 0 Å². The standard InChI is InChI=1S/C17H18BrFN2/c18-16-14(9-4-10-15(16)19)17(21-20)13-8-2-1-7-12(13)11-5-3-6-11/h1-2,4,7-11,17,21H,3,5-6,20H2. The molecule has 0 radical (unpaired) electrons. The minimum absolute atomic E-state index is 0.216. The summed E-state index contributed by atoms with van der Waals surface area (Å²) in [5.41, 5.74) is 6.13. The van der Waals surface area contributed by atoms with E-state index in [-0.39, 0.29) is 11.9 Å². The third kappa shape index (κ3) is 2.76. The van der Waals surface area contributed by atoms with Crippen molar-refractivity contribution >= 4 is 15.9 Å². The fraction of sp³-hybridized carbons (Fsp3) is 0.294. The van der Waals surface area contributed by atoms with E-state index in [0.29, 0.717) is 10.4 Å². The van der Waals surface area contributed by atoms with Gasteiger partial charge in [0.2, 0.25) is 0 Å².